The third-order valence-corrected chi connectivity index (χ3v) is 4.92. The van der Waals surface area contributed by atoms with Crippen molar-refractivity contribution in [1.82, 2.24) is 4.57 Å². The van der Waals surface area contributed by atoms with Crippen LogP contribution in [0.1, 0.15) is 21.5 Å². The Labute approximate surface area is 150 Å². The number of thiazole rings is 1. The number of fused-ring (bicyclic) bond motifs is 1. The second kappa shape index (κ2) is 6.96. The standard InChI is InChI=1S/C20H18N2O2S/c1-5-10-22-18-14(3)11-13(2)12-17(18)25-20(22)21-19(23)15-8-6-7-9-16(15)24-4/h1,6-9,11-12H,10H2,2-4H3. The molecule has 0 unspecified atom stereocenters. The Morgan fingerprint density at radius 3 is 2.80 bits per heavy atom. The van der Waals surface area contributed by atoms with Gasteiger partial charge in [0.25, 0.3) is 5.91 Å². The fraction of sp³-hybridized carbons (Fsp3) is 0.200. The molecule has 25 heavy (non-hydrogen) atoms. The first-order chi connectivity index (χ1) is 12.0. The van der Waals surface area contributed by atoms with Crippen LogP contribution in [0, 0.1) is 26.2 Å². The van der Waals surface area contributed by atoms with Gasteiger partial charge in [-0.1, -0.05) is 35.5 Å². The van der Waals surface area contributed by atoms with E-state index in [0.717, 1.165) is 15.8 Å². The summed E-state index contributed by atoms with van der Waals surface area (Å²) in [5, 5.41) is 0. The van der Waals surface area contributed by atoms with Crippen LogP contribution in [0.15, 0.2) is 41.4 Å². The highest BCUT2D eigenvalue weighted by atomic mass is 32.1. The highest BCUT2D eigenvalue weighted by Crippen LogP contribution is 2.23. The molecule has 0 radical (unpaired) electrons. The summed E-state index contributed by atoms with van der Waals surface area (Å²) in [4.78, 5) is 17.6. The van der Waals surface area contributed by atoms with E-state index in [9.17, 15) is 4.79 Å². The van der Waals surface area contributed by atoms with Crippen LogP contribution in [0.25, 0.3) is 10.2 Å². The van der Waals surface area contributed by atoms with Crippen molar-refractivity contribution in [1.29, 1.82) is 0 Å². The minimum absolute atomic E-state index is 0.343. The van der Waals surface area contributed by atoms with Crippen LogP contribution in [0.2, 0.25) is 0 Å². The monoisotopic (exact) mass is 350 g/mol. The second-order valence-electron chi connectivity index (χ2n) is 5.72. The number of hydrogen-bond acceptors (Lipinski definition) is 3. The Kier molecular flexibility index (Phi) is 4.73. The Hall–Kier alpha value is -2.84. The summed E-state index contributed by atoms with van der Waals surface area (Å²) in [5.41, 5.74) is 3.75. The zero-order valence-corrected chi connectivity index (χ0v) is 15.2. The third-order valence-electron chi connectivity index (χ3n) is 3.90. The number of aromatic nitrogens is 1. The van der Waals surface area contributed by atoms with E-state index in [2.05, 4.69) is 30.0 Å². The number of aryl methyl sites for hydroxylation is 2. The Balaban J connectivity index is 2.22. The van der Waals surface area contributed by atoms with Gasteiger partial charge in [-0.15, -0.1) is 6.42 Å². The van der Waals surface area contributed by atoms with Gasteiger partial charge in [0.1, 0.15) is 5.75 Å². The Morgan fingerprint density at radius 2 is 2.08 bits per heavy atom. The molecule has 4 nitrogen and oxygen atoms in total. The minimum atomic E-state index is -0.343. The topological polar surface area (TPSA) is 43.6 Å². The van der Waals surface area contributed by atoms with Crippen LogP contribution in [-0.4, -0.2) is 17.6 Å². The molecule has 1 amide bonds. The Bertz CT molecular complexity index is 1070. The maximum atomic E-state index is 12.7. The average molecular weight is 350 g/mol. The second-order valence-corrected chi connectivity index (χ2v) is 6.73. The van der Waals surface area contributed by atoms with Gasteiger partial charge in [0.2, 0.25) is 0 Å². The van der Waals surface area contributed by atoms with E-state index in [0.29, 0.717) is 22.7 Å². The van der Waals surface area contributed by atoms with E-state index in [4.69, 9.17) is 11.2 Å². The van der Waals surface area contributed by atoms with Crippen LogP contribution in [0.4, 0.5) is 0 Å². The molecule has 1 aromatic heterocycles. The number of amides is 1. The lowest BCUT2D eigenvalue weighted by Crippen LogP contribution is -2.17. The Morgan fingerprint density at radius 1 is 1.32 bits per heavy atom. The van der Waals surface area contributed by atoms with Gasteiger partial charge in [-0.2, -0.15) is 4.99 Å². The lowest BCUT2D eigenvalue weighted by Gasteiger charge is -2.05. The number of carbonyl (C=O) groups is 1. The first-order valence-corrected chi connectivity index (χ1v) is 8.63. The molecule has 0 aliphatic heterocycles. The molecular weight excluding hydrogens is 332 g/mol. The smallest absolute Gasteiger partial charge is 0.283 e. The molecule has 0 saturated heterocycles. The van der Waals surface area contributed by atoms with E-state index >= 15 is 0 Å². The summed E-state index contributed by atoms with van der Waals surface area (Å²) in [6.45, 7) is 4.46. The van der Waals surface area contributed by atoms with Crippen molar-refractivity contribution in [2.24, 2.45) is 4.99 Å². The number of hydrogen-bond donors (Lipinski definition) is 0. The van der Waals surface area contributed by atoms with Gasteiger partial charge in [0.05, 0.1) is 29.4 Å². The average Bonchev–Trinajstić information content (AvgIpc) is 2.92. The van der Waals surface area contributed by atoms with Crippen LogP contribution in [-0.2, 0) is 6.54 Å². The quantitative estimate of drug-likeness (QED) is 0.676. The fourth-order valence-electron chi connectivity index (χ4n) is 2.88. The predicted octanol–water partition coefficient (Wildman–Crippen LogP) is 3.70. The van der Waals surface area contributed by atoms with E-state index in [1.54, 1.807) is 18.2 Å². The molecule has 1 heterocycles. The highest BCUT2D eigenvalue weighted by Gasteiger charge is 2.13. The number of benzene rings is 2. The van der Waals surface area contributed by atoms with Crippen molar-refractivity contribution in [3.63, 3.8) is 0 Å². The summed E-state index contributed by atoms with van der Waals surface area (Å²) in [7, 11) is 1.54. The number of ether oxygens (including phenoxy) is 1. The van der Waals surface area contributed by atoms with Crippen molar-refractivity contribution in [2.45, 2.75) is 20.4 Å². The fourth-order valence-corrected chi connectivity index (χ4v) is 4.09. The number of nitrogens with zero attached hydrogens (tertiary/aromatic N) is 2. The molecule has 0 bridgehead atoms. The van der Waals surface area contributed by atoms with Crippen molar-refractivity contribution in [3.05, 3.63) is 57.9 Å². The van der Waals surface area contributed by atoms with Gasteiger partial charge in [0.15, 0.2) is 4.80 Å². The van der Waals surface area contributed by atoms with Gasteiger partial charge in [0, 0.05) is 0 Å². The van der Waals surface area contributed by atoms with Crippen LogP contribution in [0.3, 0.4) is 0 Å². The van der Waals surface area contributed by atoms with Gasteiger partial charge in [-0.25, -0.2) is 0 Å². The zero-order valence-electron chi connectivity index (χ0n) is 14.4. The number of terminal acetylenes is 1. The van der Waals surface area contributed by atoms with Crippen molar-refractivity contribution in [2.75, 3.05) is 7.11 Å². The van der Waals surface area contributed by atoms with E-state index in [1.165, 1.54) is 24.0 Å². The van der Waals surface area contributed by atoms with E-state index in [1.807, 2.05) is 17.6 Å². The maximum Gasteiger partial charge on any atom is 0.283 e. The lowest BCUT2D eigenvalue weighted by molar-refractivity contribution is 0.0995. The van der Waals surface area contributed by atoms with E-state index in [-0.39, 0.29) is 5.91 Å². The summed E-state index contributed by atoms with van der Waals surface area (Å²) < 4.78 is 8.25. The van der Waals surface area contributed by atoms with Gasteiger partial charge < -0.3 is 9.30 Å². The summed E-state index contributed by atoms with van der Waals surface area (Å²) in [5.74, 6) is 2.82. The van der Waals surface area contributed by atoms with Gasteiger partial charge >= 0.3 is 0 Å². The number of methoxy groups -OCH3 is 1. The molecule has 5 heteroatoms. The van der Waals surface area contributed by atoms with Crippen LogP contribution in [0.5, 0.6) is 5.75 Å². The van der Waals surface area contributed by atoms with Crippen LogP contribution >= 0.6 is 11.3 Å². The largest absolute Gasteiger partial charge is 0.496 e. The molecule has 0 aliphatic carbocycles. The van der Waals surface area contributed by atoms with Crippen molar-refractivity contribution < 1.29 is 9.53 Å². The molecule has 126 valence electrons. The first-order valence-electron chi connectivity index (χ1n) is 7.81. The molecule has 0 aliphatic rings. The summed E-state index contributed by atoms with van der Waals surface area (Å²) >= 11 is 1.47. The minimum Gasteiger partial charge on any atom is -0.496 e. The van der Waals surface area contributed by atoms with Crippen LogP contribution < -0.4 is 9.54 Å². The summed E-state index contributed by atoms with van der Waals surface area (Å²) in [6, 6.07) is 11.3. The zero-order chi connectivity index (χ0) is 18.0. The SMILES string of the molecule is C#CCn1c(=NC(=O)c2ccccc2OC)sc2cc(C)cc(C)c21. The highest BCUT2D eigenvalue weighted by molar-refractivity contribution is 7.16. The maximum absolute atomic E-state index is 12.7. The number of para-hydroxylation sites is 1. The molecule has 0 saturated carbocycles. The molecule has 0 spiro atoms. The molecule has 3 rings (SSSR count). The molecular formula is C20H18N2O2S. The first kappa shape index (κ1) is 17.0. The lowest BCUT2D eigenvalue weighted by atomic mass is 10.1. The van der Waals surface area contributed by atoms with Crippen molar-refractivity contribution >= 4 is 27.5 Å². The molecule has 2 aromatic carbocycles. The molecule has 0 N–H and O–H groups in total. The van der Waals surface area contributed by atoms with Gasteiger partial charge in [-0.05, 0) is 43.2 Å². The van der Waals surface area contributed by atoms with E-state index < -0.39 is 0 Å². The number of rotatable bonds is 3. The summed E-state index contributed by atoms with van der Waals surface area (Å²) in [6.07, 6.45) is 5.53. The van der Waals surface area contributed by atoms with Crippen molar-refractivity contribution in [3.8, 4) is 18.1 Å². The predicted molar refractivity (Wildman–Crippen MR) is 101 cm³/mol. The molecule has 3 aromatic rings. The third kappa shape index (κ3) is 3.21. The molecule has 0 atom stereocenters. The molecule has 0 fully saturated rings. The normalized spacial score (nSPS) is 11.5. The number of carbonyl (C=O) groups excluding carboxylic acids is 1. The van der Waals surface area contributed by atoms with Gasteiger partial charge in [-0.3, -0.25) is 4.79 Å².